The molecule has 6 nitrogen and oxygen atoms in total. The van der Waals surface area contributed by atoms with Crippen molar-refractivity contribution < 1.29 is 19.1 Å². The van der Waals surface area contributed by atoms with Gasteiger partial charge in [-0.3, -0.25) is 9.78 Å². The zero-order valence-electron chi connectivity index (χ0n) is 14.7. The minimum atomic E-state index is -0.519. The van der Waals surface area contributed by atoms with Crippen LogP contribution in [0.1, 0.15) is 50.5 Å². The highest BCUT2D eigenvalue weighted by molar-refractivity contribution is 5.95. The second kappa shape index (κ2) is 8.24. The molecule has 0 spiro atoms. The summed E-state index contributed by atoms with van der Waals surface area (Å²) in [7, 11) is 0. The summed E-state index contributed by atoms with van der Waals surface area (Å²) in [5.41, 5.74) is -0.125. The summed E-state index contributed by atoms with van der Waals surface area (Å²) in [5.74, 6) is -0.157. The Kier molecular flexibility index (Phi) is 6.31. The van der Waals surface area contributed by atoms with Gasteiger partial charge in [0, 0.05) is 12.7 Å². The minimum absolute atomic E-state index is 0.0321. The number of likely N-dealkylation sites (tertiary alicyclic amines) is 1. The number of nitrogens with zero attached hydrogens (tertiary/aromatic N) is 2. The van der Waals surface area contributed by atoms with Gasteiger partial charge in [-0.25, -0.2) is 4.79 Å². The highest BCUT2D eigenvalue weighted by atomic mass is 16.6. The lowest BCUT2D eigenvalue weighted by Gasteiger charge is -2.36. The Morgan fingerprint density at radius 2 is 2.08 bits per heavy atom. The molecule has 132 valence electrons. The molecule has 1 atom stereocenters. The lowest BCUT2D eigenvalue weighted by Crippen LogP contribution is -2.48. The summed E-state index contributed by atoms with van der Waals surface area (Å²) in [4.78, 5) is 30.0. The maximum atomic E-state index is 12.3. The first-order valence-electron chi connectivity index (χ1n) is 8.38. The van der Waals surface area contributed by atoms with E-state index in [4.69, 9.17) is 9.47 Å². The summed E-state index contributed by atoms with van der Waals surface area (Å²) >= 11 is 0. The van der Waals surface area contributed by atoms with Crippen molar-refractivity contribution in [3.63, 3.8) is 0 Å². The van der Waals surface area contributed by atoms with Gasteiger partial charge < -0.3 is 14.4 Å². The molecule has 2 rings (SSSR count). The van der Waals surface area contributed by atoms with Gasteiger partial charge in [0.05, 0.1) is 12.6 Å². The van der Waals surface area contributed by atoms with Crippen LogP contribution in [0, 0.1) is 0 Å². The van der Waals surface area contributed by atoms with E-state index in [0.717, 1.165) is 19.3 Å². The minimum Gasteiger partial charge on any atom is -0.444 e. The van der Waals surface area contributed by atoms with E-state index in [1.54, 1.807) is 29.3 Å². The molecule has 0 unspecified atom stereocenters. The van der Waals surface area contributed by atoms with Gasteiger partial charge in [0.15, 0.2) is 0 Å². The summed E-state index contributed by atoms with van der Waals surface area (Å²) < 4.78 is 11.0. The number of carbonyl (C=O) groups excluding carboxylic acids is 2. The van der Waals surface area contributed by atoms with E-state index in [0.29, 0.717) is 18.8 Å². The molecule has 0 aromatic carbocycles. The molecule has 1 saturated heterocycles. The fraction of sp³-hybridized carbons (Fsp3) is 0.611. The number of Topliss-reactive ketones (excluding diaryl/α,β-unsaturated/α-hetero) is 1. The molecule has 1 aromatic heterocycles. The van der Waals surface area contributed by atoms with Crippen molar-refractivity contribution in [2.24, 2.45) is 0 Å². The molecule has 0 N–H and O–H groups in total. The van der Waals surface area contributed by atoms with E-state index in [-0.39, 0.29) is 24.5 Å². The van der Waals surface area contributed by atoms with Crippen molar-refractivity contribution >= 4 is 11.9 Å². The van der Waals surface area contributed by atoms with Crippen LogP contribution in [-0.4, -0.2) is 53.2 Å². The van der Waals surface area contributed by atoms with Crippen molar-refractivity contribution in [1.29, 1.82) is 0 Å². The molecule has 0 aliphatic carbocycles. The van der Waals surface area contributed by atoms with Crippen LogP contribution < -0.4 is 0 Å². The van der Waals surface area contributed by atoms with E-state index >= 15 is 0 Å². The average Bonchev–Trinajstić information content (AvgIpc) is 2.54. The molecular formula is C18H26N2O4. The summed E-state index contributed by atoms with van der Waals surface area (Å²) in [6, 6.07) is 5.15. The van der Waals surface area contributed by atoms with Gasteiger partial charge in [-0.05, 0) is 52.2 Å². The Labute approximate surface area is 143 Å². The summed E-state index contributed by atoms with van der Waals surface area (Å²) in [5, 5.41) is 0. The van der Waals surface area contributed by atoms with Crippen LogP contribution in [0.5, 0.6) is 0 Å². The second-order valence-corrected chi connectivity index (χ2v) is 6.98. The van der Waals surface area contributed by atoms with E-state index in [1.165, 1.54) is 0 Å². The van der Waals surface area contributed by atoms with E-state index in [1.807, 2.05) is 20.8 Å². The van der Waals surface area contributed by atoms with Crippen LogP contribution in [0.15, 0.2) is 24.4 Å². The van der Waals surface area contributed by atoms with Crippen LogP contribution in [-0.2, 0) is 9.47 Å². The van der Waals surface area contributed by atoms with Crippen LogP contribution in [0.4, 0.5) is 4.79 Å². The predicted molar refractivity (Wildman–Crippen MR) is 90.0 cm³/mol. The Bertz CT molecular complexity index is 554. The maximum absolute atomic E-state index is 12.3. The van der Waals surface area contributed by atoms with Crippen molar-refractivity contribution in [3.05, 3.63) is 30.1 Å². The van der Waals surface area contributed by atoms with Crippen LogP contribution in [0.2, 0.25) is 0 Å². The quantitative estimate of drug-likeness (QED) is 0.774. The number of ether oxygens (including phenoxy) is 2. The van der Waals surface area contributed by atoms with E-state index < -0.39 is 5.60 Å². The van der Waals surface area contributed by atoms with Crippen molar-refractivity contribution in [3.8, 4) is 0 Å². The lowest BCUT2D eigenvalue weighted by atomic mass is 10.0. The van der Waals surface area contributed by atoms with Crippen molar-refractivity contribution in [2.45, 2.75) is 51.7 Å². The Balaban J connectivity index is 1.85. The van der Waals surface area contributed by atoms with Gasteiger partial charge in [0.2, 0.25) is 5.78 Å². The maximum Gasteiger partial charge on any atom is 0.410 e. The monoisotopic (exact) mass is 334 g/mol. The third-order valence-electron chi connectivity index (χ3n) is 3.75. The zero-order chi connectivity index (χ0) is 17.6. The van der Waals surface area contributed by atoms with E-state index in [2.05, 4.69) is 4.98 Å². The first-order chi connectivity index (χ1) is 11.4. The number of pyridine rings is 1. The summed E-state index contributed by atoms with van der Waals surface area (Å²) in [6.45, 7) is 6.52. The number of hydrogen-bond donors (Lipinski definition) is 0. The first kappa shape index (κ1) is 18.4. The molecular weight excluding hydrogens is 308 g/mol. The summed E-state index contributed by atoms with van der Waals surface area (Å²) in [6.07, 6.45) is 4.13. The molecule has 1 aliphatic rings. The van der Waals surface area contributed by atoms with E-state index in [9.17, 15) is 9.59 Å². The molecule has 6 heteroatoms. The SMILES string of the molecule is CC(C)(C)OC(=O)N1CCCC[C@@H]1COCC(=O)c1ccccn1. The van der Waals surface area contributed by atoms with Gasteiger partial charge in [-0.1, -0.05) is 6.07 Å². The van der Waals surface area contributed by atoms with Gasteiger partial charge >= 0.3 is 6.09 Å². The van der Waals surface area contributed by atoms with Crippen LogP contribution >= 0.6 is 0 Å². The molecule has 1 fully saturated rings. The number of amides is 1. The smallest absolute Gasteiger partial charge is 0.410 e. The molecule has 1 amide bonds. The van der Waals surface area contributed by atoms with Crippen LogP contribution in [0.3, 0.4) is 0 Å². The Hall–Kier alpha value is -1.95. The second-order valence-electron chi connectivity index (χ2n) is 6.98. The predicted octanol–water partition coefficient (Wildman–Crippen LogP) is 3.07. The zero-order valence-corrected chi connectivity index (χ0v) is 14.7. The van der Waals surface area contributed by atoms with Gasteiger partial charge in [-0.2, -0.15) is 0 Å². The fourth-order valence-electron chi connectivity index (χ4n) is 2.62. The fourth-order valence-corrected chi connectivity index (χ4v) is 2.62. The molecule has 1 aromatic rings. The number of aromatic nitrogens is 1. The number of rotatable bonds is 5. The average molecular weight is 334 g/mol. The Morgan fingerprint density at radius 3 is 2.75 bits per heavy atom. The first-order valence-corrected chi connectivity index (χ1v) is 8.38. The largest absolute Gasteiger partial charge is 0.444 e. The highest BCUT2D eigenvalue weighted by Crippen LogP contribution is 2.20. The standard InChI is InChI=1S/C18H26N2O4/c1-18(2,3)24-17(22)20-11-7-5-8-14(20)12-23-13-16(21)15-9-4-6-10-19-15/h4,6,9-10,14H,5,7-8,11-13H2,1-3H3/t14-/m1/s1. The highest BCUT2D eigenvalue weighted by Gasteiger charge is 2.30. The third-order valence-corrected chi connectivity index (χ3v) is 3.75. The molecule has 1 aliphatic heterocycles. The van der Waals surface area contributed by atoms with Crippen molar-refractivity contribution in [2.75, 3.05) is 19.8 Å². The number of ketones is 1. The third kappa shape index (κ3) is 5.60. The number of hydrogen-bond acceptors (Lipinski definition) is 5. The number of piperidine rings is 1. The van der Waals surface area contributed by atoms with Gasteiger partial charge in [0.25, 0.3) is 0 Å². The number of carbonyl (C=O) groups is 2. The van der Waals surface area contributed by atoms with Gasteiger partial charge in [0.1, 0.15) is 17.9 Å². The topological polar surface area (TPSA) is 68.7 Å². The van der Waals surface area contributed by atoms with Crippen LogP contribution in [0.25, 0.3) is 0 Å². The molecule has 0 saturated carbocycles. The molecule has 0 radical (unpaired) electrons. The molecule has 2 heterocycles. The normalized spacial score (nSPS) is 18.3. The van der Waals surface area contributed by atoms with Gasteiger partial charge in [-0.15, -0.1) is 0 Å². The lowest BCUT2D eigenvalue weighted by molar-refractivity contribution is -0.00625. The molecule has 24 heavy (non-hydrogen) atoms. The molecule has 0 bridgehead atoms. The Morgan fingerprint density at radius 1 is 1.29 bits per heavy atom. The van der Waals surface area contributed by atoms with Crippen molar-refractivity contribution in [1.82, 2.24) is 9.88 Å².